The van der Waals surface area contributed by atoms with E-state index < -0.39 is 0 Å². The van der Waals surface area contributed by atoms with E-state index in [4.69, 9.17) is 15.2 Å². The summed E-state index contributed by atoms with van der Waals surface area (Å²) in [5, 5.41) is 0. The Bertz CT molecular complexity index is 385. The molecule has 0 radical (unpaired) electrons. The van der Waals surface area contributed by atoms with E-state index in [1.807, 2.05) is 12.1 Å². The minimum absolute atomic E-state index is 0.619. The summed E-state index contributed by atoms with van der Waals surface area (Å²) in [7, 11) is 0. The van der Waals surface area contributed by atoms with Crippen molar-refractivity contribution in [3.05, 3.63) is 17.7 Å². The fourth-order valence-corrected chi connectivity index (χ4v) is 1.96. The molecule has 1 saturated carbocycles. The Hall–Kier alpha value is -1.38. The summed E-state index contributed by atoms with van der Waals surface area (Å²) in [6.45, 7) is 1.26. The molecule has 15 heavy (non-hydrogen) atoms. The van der Waals surface area contributed by atoms with E-state index in [1.165, 1.54) is 18.4 Å². The number of nitrogen functional groups attached to an aromatic ring is 1. The highest BCUT2D eigenvalue weighted by molar-refractivity contribution is 5.58. The number of hydrogen-bond acceptors (Lipinski definition) is 3. The summed E-state index contributed by atoms with van der Waals surface area (Å²) in [6.07, 6.45) is 3.77. The second-order valence-corrected chi connectivity index (χ2v) is 4.34. The van der Waals surface area contributed by atoms with Gasteiger partial charge < -0.3 is 15.2 Å². The SMILES string of the molecule is Nc1cc2c(cc1CC1CC1)OCCO2. The van der Waals surface area contributed by atoms with E-state index in [-0.39, 0.29) is 0 Å². The van der Waals surface area contributed by atoms with E-state index >= 15 is 0 Å². The molecule has 3 nitrogen and oxygen atoms in total. The van der Waals surface area contributed by atoms with Gasteiger partial charge in [0.1, 0.15) is 13.2 Å². The van der Waals surface area contributed by atoms with Crippen LogP contribution in [0.3, 0.4) is 0 Å². The number of benzene rings is 1. The van der Waals surface area contributed by atoms with Crippen LogP contribution in [0, 0.1) is 5.92 Å². The van der Waals surface area contributed by atoms with Gasteiger partial charge in [-0.2, -0.15) is 0 Å². The summed E-state index contributed by atoms with van der Waals surface area (Å²) in [4.78, 5) is 0. The summed E-state index contributed by atoms with van der Waals surface area (Å²) in [6, 6.07) is 3.94. The zero-order valence-corrected chi connectivity index (χ0v) is 8.66. The van der Waals surface area contributed by atoms with Crippen molar-refractivity contribution in [2.45, 2.75) is 19.3 Å². The molecule has 3 rings (SSSR count). The smallest absolute Gasteiger partial charge is 0.163 e. The van der Waals surface area contributed by atoms with Crippen LogP contribution >= 0.6 is 0 Å². The fourth-order valence-electron chi connectivity index (χ4n) is 1.96. The molecule has 1 aliphatic heterocycles. The van der Waals surface area contributed by atoms with Crippen molar-refractivity contribution in [1.82, 2.24) is 0 Å². The van der Waals surface area contributed by atoms with E-state index in [0.29, 0.717) is 13.2 Å². The lowest BCUT2D eigenvalue weighted by Crippen LogP contribution is -2.16. The van der Waals surface area contributed by atoms with Gasteiger partial charge in [0.25, 0.3) is 0 Å². The Balaban J connectivity index is 1.92. The molecule has 2 aliphatic rings. The summed E-state index contributed by atoms with van der Waals surface area (Å²) in [5.74, 6) is 2.49. The van der Waals surface area contributed by atoms with Crippen LogP contribution < -0.4 is 15.2 Å². The summed E-state index contributed by atoms with van der Waals surface area (Å²) < 4.78 is 11.0. The molecule has 0 bridgehead atoms. The third kappa shape index (κ3) is 1.74. The highest BCUT2D eigenvalue weighted by atomic mass is 16.6. The van der Waals surface area contributed by atoms with Crippen LogP contribution in [0.2, 0.25) is 0 Å². The monoisotopic (exact) mass is 205 g/mol. The minimum atomic E-state index is 0.619. The van der Waals surface area contributed by atoms with Crippen molar-refractivity contribution in [1.29, 1.82) is 0 Å². The highest BCUT2D eigenvalue weighted by Gasteiger charge is 2.24. The second kappa shape index (κ2) is 3.33. The molecule has 0 amide bonds. The molecule has 3 heteroatoms. The van der Waals surface area contributed by atoms with Crippen molar-refractivity contribution < 1.29 is 9.47 Å². The maximum absolute atomic E-state index is 5.99. The topological polar surface area (TPSA) is 44.5 Å². The van der Waals surface area contributed by atoms with Gasteiger partial charge in [0.15, 0.2) is 11.5 Å². The zero-order valence-electron chi connectivity index (χ0n) is 8.66. The van der Waals surface area contributed by atoms with Crippen molar-refractivity contribution >= 4 is 5.69 Å². The quantitative estimate of drug-likeness (QED) is 0.751. The molecule has 1 aliphatic carbocycles. The molecular weight excluding hydrogens is 190 g/mol. The largest absolute Gasteiger partial charge is 0.486 e. The number of hydrogen-bond donors (Lipinski definition) is 1. The zero-order chi connectivity index (χ0) is 10.3. The fraction of sp³-hybridized carbons (Fsp3) is 0.500. The van der Waals surface area contributed by atoms with Crippen molar-refractivity contribution in [3.63, 3.8) is 0 Å². The van der Waals surface area contributed by atoms with Crippen LogP contribution in [-0.2, 0) is 6.42 Å². The first-order valence-corrected chi connectivity index (χ1v) is 5.51. The van der Waals surface area contributed by atoms with Gasteiger partial charge in [-0.25, -0.2) is 0 Å². The number of ether oxygens (including phenoxy) is 2. The standard InChI is InChI=1S/C12H15NO2/c13-10-7-12-11(14-3-4-15-12)6-9(10)5-8-1-2-8/h6-8H,1-5,13H2. The maximum Gasteiger partial charge on any atom is 0.163 e. The molecule has 1 aromatic carbocycles. The first-order chi connectivity index (χ1) is 7.33. The predicted octanol–water partition coefficient (Wildman–Crippen LogP) is 1.99. The molecule has 2 N–H and O–H groups in total. The third-order valence-electron chi connectivity index (χ3n) is 3.01. The summed E-state index contributed by atoms with van der Waals surface area (Å²) >= 11 is 0. The van der Waals surface area contributed by atoms with Crippen LogP contribution in [-0.4, -0.2) is 13.2 Å². The van der Waals surface area contributed by atoms with Crippen LogP contribution in [0.4, 0.5) is 5.69 Å². The lowest BCUT2D eigenvalue weighted by atomic mass is 10.1. The van der Waals surface area contributed by atoms with Gasteiger partial charge in [-0.05, 0) is 36.8 Å². The Kier molecular flexibility index (Phi) is 1.97. The van der Waals surface area contributed by atoms with Gasteiger partial charge >= 0.3 is 0 Å². The van der Waals surface area contributed by atoms with Crippen LogP contribution in [0.1, 0.15) is 18.4 Å². The summed E-state index contributed by atoms with van der Waals surface area (Å²) in [5.41, 5.74) is 8.03. The molecule has 1 aromatic rings. The number of anilines is 1. The van der Waals surface area contributed by atoms with Crippen LogP contribution in [0.5, 0.6) is 11.5 Å². The average Bonchev–Trinajstić information content (AvgIpc) is 3.03. The van der Waals surface area contributed by atoms with Gasteiger partial charge in [0, 0.05) is 11.8 Å². The number of fused-ring (bicyclic) bond motifs is 1. The van der Waals surface area contributed by atoms with Crippen molar-refractivity contribution in [2.75, 3.05) is 18.9 Å². The molecule has 80 valence electrons. The van der Waals surface area contributed by atoms with E-state index in [1.54, 1.807) is 0 Å². The van der Waals surface area contributed by atoms with Gasteiger partial charge in [-0.1, -0.05) is 0 Å². The molecule has 1 fully saturated rings. The lowest BCUT2D eigenvalue weighted by Gasteiger charge is -2.20. The second-order valence-electron chi connectivity index (χ2n) is 4.34. The van der Waals surface area contributed by atoms with Crippen molar-refractivity contribution in [2.24, 2.45) is 5.92 Å². The van der Waals surface area contributed by atoms with Gasteiger partial charge in [-0.3, -0.25) is 0 Å². The van der Waals surface area contributed by atoms with E-state index in [0.717, 1.165) is 29.5 Å². The molecule has 0 saturated heterocycles. The number of rotatable bonds is 2. The third-order valence-corrected chi connectivity index (χ3v) is 3.01. The molecule has 0 atom stereocenters. The van der Waals surface area contributed by atoms with Crippen molar-refractivity contribution in [3.8, 4) is 11.5 Å². The first-order valence-electron chi connectivity index (χ1n) is 5.51. The van der Waals surface area contributed by atoms with Crippen LogP contribution in [0.25, 0.3) is 0 Å². The Labute approximate surface area is 89.2 Å². The molecule has 0 unspecified atom stereocenters. The molecule has 0 aromatic heterocycles. The highest BCUT2D eigenvalue weighted by Crippen LogP contribution is 2.39. The molecule has 1 heterocycles. The first kappa shape index (κ1) is 8.89. The number of nitrogens with two attached hydrogens (primary N) is 1. The minimum Gasteiger partial charge on any atom is -0.486 e. The maximum atomic E-state index is 5.99. The van der Waals surface area contributed by atoms with E-state index in [9.17, 15) is 0 Å². The van der Waals surface area contributed by atoms with Gasteiger partial charge in [0.2, 0.25) is 0 Å². The van der Waals surface area contributed by atoms with Crippen LogP contribution in [0.15, 0.2) is 12.1 Å². The predicted molar refractivity (Wildman–Crippen MR) is 58.3 cm³/mol. The van der Waals surface area contributed by atoms with Gasteiger partial charge in [0.05, 0.1) is 0 Å². The Morgan fingerprint density at radius 3 is 2.47 bits per heavy atom. The Morgan fingerprint density at radius 1 is 1.13 bits per heavy atom. The molecular formula is C12H15NO2. The van der Waals surface area contributed by atoms with E-state index in [2.05, 4.69) is 0 Å². The Morgan fingerprint density at radius 2 is 1.80 bits per heavy atom. The van der Waals surface area contributed by atoms with Gasteiger partial charge in [-0.15, -0.1) is 0 Å². The normalized spacial score (nSPS) is 18.9. The lowest BCUT2D eigenvalue weighted by molar-refractivity contribution is 0.171. The molecule has 0 spiro atoms. The average molecular weight is 205 g/mol.